The average Bonchev–Trinajstić information content (AvgIpc) is 3.56. The summed E-state index contributed by atoms with van der Waals surface area (Å²) >= 11 is 0. The molecule has 9 heteroatoms. The van der Waals surface area contributed by atoms with Crippen LogP contribution in [0.15, 0.2) is 41.8 Å². The monoisotopic (exact) mass is 439 g/mol. The van der Waals surface area contributed by atoms with Gasteiger partial charge in [0.15, 0.2) is 0 Å². The number of amidine groups is 1. The van der Waals surface area contributed by atoms with E-state index in [9.17, 15) is 4.79 Å². The maximum absolute atomic E-state index is 12.3. The molecule has 1 aromatic rings. The number of hydrogen-bond acceptors (Lipinski definition) is 8. The zero-order chi connectivity index (χ0) is 21.9. The van der Waals surface area contributed by atoms with Crippen LogP contribution in [-0.4, -0.2) is 72.0 Å². The van der Waals surface area contributed by atoms with Crippen molar-refractivity contribution >= 4 is 11.7 Å². The number of amides is 1. The maximum Gasteiger partial charge on any atom is 0.220 e. The van der Waals surface area contributed by atoms with Gasteiger partial charge in [-0.1, -0.05) is 12.1 Å². The zero-order valence-corrected chi connectivity index (χ0v) is 18.7. The van der Waals surface area contributed by atoms with Crippen molar-refractivity contribution in [3.63, 3.8) is 0 Å². The molecular formula is C23H33N7O2. The number of hydrazone groups is 1. The first-order valence-electron chi connectivity index (χ1n) is 11.7. The fraction of sp³-hybridized carbons (Fsp3) is 0.565. The summed E-state index contributed by atoms with van der Waals surface area (Å²) in [5.41, 5.74) is 8.13. The minimum Gasteiger partial charge on any atom is -0.497 e. The van der Waals surface area contributed by atoms with Gasteiger partial charge in [-0.2, -0.15) is 5.10 Å². The Morgan fingerprint density at radius 3 is 2.81 bits per heavy atom. The Kier molecular flexibility index (Phi) is 6.18. The number of methoxy groups -OCH3 is 1. The first kappa shape index (κ1) is 21.1. The van der Waals surface area contributed by atoms with Crippen LogP contribution in [-0.2, 0) is 4.79 Å². The minimum absolute atomic E-state index is 0.0731. The second kappa shape index (κ2) is 9.38. The summed E-state index contributed by atoms with van der Waals surface area (Å²) in [6.45, 7) is 4.00. The molecule has 1 amide bonds. The molecule has 2 saturated heterocycles. The molecule has 1 aromatic carbocycles. The van der Waals surface area contributed by atoms with Crippen molar-refractivity contribution in [3.05, 3.63) is 42.2 Å². The number of carbonyl (C=O) groups excluding carboxylic acids is 1. The maximum atomic E-state index is 12.3. The van der Waals surface area contributed by atoms with E-state index in [0.717, 1.165) is 44.2 Å². The SMILES string of the molecule is COc1ccc(C2CC3C4NN=C(CCC(=O)NCCN5CCCC5)N4C=CN3N2)cc1. The molecule has 0 aromatic heterocycles. The van der Waals surface area contributed by atoms with Crippen molar-refractivity contribution in [1.29, 1.82) is 0 Å². The van der Waals surface area contributed by atoms with Gasteiger partial charge in [0.05, 0.1) is 19.2 Å². The molecule has 32 heavy (non-hydrogen) atoms. The molecule has 0 bridgehead atoms. The summed E-state index contributed by atoms with van der Waals surface area (Å²) in [5.74, 6) is 1.89. The van der Waals surface area contributed by atoms with Crippen LogP contribution >= 0.6 is 0 Å². The Labute approximate surface area is 189 Å². The lowest BCUT2D eigenvalue weighted by molar-refractivity contribution is -0.121. The van der Waals surface area contributed by atoms with Gasteiger partial charge in [0.1, 0.15) is 17.8 Å². The normalized spacial score (nSPS) is 26.5. The molecule has 9 nitrogen and oxygen atoms in total. The summed E-state index contributed by atoms with van der Waals surface area (Å²) in [6, 6.07) is 8.72. The number of nitrogens with one attached hydrogen (secondary N) is 3. The Bertz CT molecular complexity index is 866. The molecule has 3 unspecified atom stereocenters. The third-order valence-corrected chi connectivity index (χ3v) is 6.86. The van der Waals surface area contributed by atoms with Gasteiger partial charge in [0.2, 0.25) is 5.91 Å². The lowest BCUT2D eigenvalue weighted by Gasteiger charge is -2.37. The molecule has 2 fully saturated rings. The van der Waals surface area contributed by atoms with E-state index in [1.807, 2.05) is 12.1 Å². The average molecular weight is 440 g/mol. The molecule has 4 aliphatic rings. The highest BCUT2D eigenvalue weighted by molar-refractivity contribution is 5.89. The Hall–Kier alpha value is -2.78. The van der Waals surface area contributed by atoms with Gasteiger partial charge in [0, 0.05) is 38.3 Å². The summed E-state index contributed by atoms with van der Waals surface area (Å²) in [4.78, 5) is 16.9. The fourth-order valence-electron chi connectivity index (χ4n) is 5.04. The van der Waals surface area contributed by atoms with Crippen LogP contribution in [0.4, 0.5) is 0 Å². The van der Waals surface area contributed by atoms with Gasteiger partial charge in [-0.05, 0) is 50.0 Å². The fourth-order valence-corrected chi connectivity index (χ4v) is 5.04. The molecule has 4 heterocycles. The number of rotatable bonds is 8. The lowest BCUT2D eigenvalue weighted by atomic mass is 9.99. The third-order valence-electron chi connectivity index (χ3n) is 6.86. The number of fused-ring (bicyclic) bond motifs is 3. The van der Waals surface area contributed by atoms with E-state index in [1.54, 1.807) is 7.11 Å². The highest BCUT2D eigenvalue weighted by Crippen LogP contribution is 2.34. The molecule has 0 saturated carbocycles. The number of ether oxygens (including phenoxy) is 1. The standard InChI is InChI=1S/C23H33N7O2/c1-32-18-6-4-17(5-7-18)19-16-20-23-26-25-21(29(23)14-15-30(20)27-19)8-9-22(31)24-10-13-28-11-2-3-12-28/h4-7,14-15,19-20,23,26-27H,2-3,8-13,16H2,1H3,(H,24,31). The van der Waals surface area contributed by atoms with E-state index >= 15 is 0 Å². The molecule has 3 atom stereocenters. The molecule has 0 spiro atoms. The van der Waals surface area contributed by atoms with E-state index in [-0.39, 0.29) is 24.2 Å². The van der Waals surface area contributed by atoms with E-state index in [1.165, 1.54) is 18.4 Å². The zero-order valence-electron chi connectivity index (χ0n) is 18.7. The number of hydrazine groups is 1. The van der Waals surface area contributed by atoms with Gasteiger partial charge in [0.25, 0.3) is 0 Å². The van der Waals surface area contributed by atoms with Crippen LogP contribution in [0, 0.1) is 0 Å². The predicted molar refractivity (Wildman–Crippen MR) is 122 cm³/mol. The first-order valence-corrected chi connectivity index (χ1v) is 11.7. The molecule has 5 rings (SSSR count). The molecule has 172 valence electrons. The second-order valence-corrected chi connectivity index (χ2v) is 8.87. The molecule has 0 radical (unpaired) electrons. The van der Waals surface area contributed by atoms with Gasteiger partial charge >= 0.3 is 0 Å². The van der Waals surface area contributed by atoms with Gasteiger partial charge in [-0.15, -0.1) is 0 Å². The highest BCUT2D eigenvalue weighted by Gasteiger charge is 2.44. The molecular weight excluding hydrogens is 406 g/mol. The largest absolute Gasteiger partial charge is 0.497 e. The van der Waals surface area contributed by atoms with Crippen LogP contribution in [0.1, 0.15) is 43.7 Å². The van der Waals surface area contributed by atoms with E-state index in [2.05, 4.69) is 60.6 Å². The van der Waals surface area contributed by atoms with Crippen LogP contribution in [0.5, 0.6) is 5.75 Å². The number of likely N-dealkylation sites (tertiary alicyclic amines) is 1. The van der Waals surface area contributed by atoms with Crippen LogP contribution in [0.25, 0.3) is 0 Å². The number of benzene rings is 1. The van der Waals surface area contributed by atoms with E-state index in [4.69, 9.17) is 4.74 Å². The number of carbonyl (C=O) groups is 1. The van der Waals surface area contributed by atoms with Crippen LogP contribution < -0.4 is 20.9 Å². The van der Waals surface area contributed by atoms with Gasteiger partial charge in [-0.3, -0.25) is 10.2 Å². The van der Waals surface area contributed by atoms with E-state index in [0.29, 0.717) is 12.8 Å². The van der Waals surface area contributed by atoms with Crippen molar-refractivity contribution in [2.75, 3.05) is 33.3 Å². The van der Waals surface area contributed by atoms with Crippen LogP contribution in [0.3, 0.4) is 0 Å². The van der Waals surface area contributed by atoms with Crippen molar-refractivity contribution in [1.82, 2.24) is 31.0 Å². The summed E-state index contributed by atoms with van der Waals surface area (Å²) in [7, 11) is 1.68. The first-order chi connectivity index (χ1) is 15.7. The molecule has 0 aliphatic carbocycles. The van der Waals surface area contributed by atoms with Gasteiger partial charge in [-0.25, -0.2) is 5.43 Å². The van der Waals surface area contributed by atoms with E-state index < -0.39 is 0 Å². The van der Waals surface area contributed by atoms with Crippen LogP contribution in [0.2, 0.25) is 0 Å². The highest BCUT2D eigenvalue weighted by atomic mass is 16.5. The summed E-state index contributed by atoms with van der Waals surface area (Å²) in [5, 5.41) is 9.79. The number of hydrogen-bond donors (Lipinski definition) is 3. The smallest absolute Gasteiger partial charge is 0.220 e. The lowest BCUT2D eigenvalue weighted by Crippen LogP contribution is -2.54. The van der Waals surface area contributed by atoms with Crippen molar-refractivity contribution < 1.29 is 9.53 Å². The second-order valence-electron chi connectivity index (χ2n) is 8.87. The Balaban J connectivity index is 1.10. The quantitative estimate of drug-likeness (QED) is 0.564. The van der Waals surface area contributed by atoms with Crippen molar-refractivity contribution in [3.8, 4) is 5.75 Å². The molecule has 4 aliphatic heterocycles. The molecule has 3 N–H and O–H groups in total. The topological polar surface area (TPSA) is 84.5 Å². The van der Waals surface area contributed by atoms with Crippen molar-refractivity contribution in [2.45, 2.75) is 50.4 Å². The Morgan fingerprint density at radius 2 is 2.03 bits per heavy atom. The number of nitrogens with zero attached hydrogens (tertiary/aromatic N) is 4. The van der Waals surface area contributed by atoms with Gasteiger partial charge < -0.3 is 24.9 Å². The Morgan fingerprint density at radius 1 is 1.22 bits per heavy atom. The van der Waals surface area contributed by atoms with Crippen molar-refractivity contribution in [2.24, 2.45) is 5.10 Å². The predicted octanol–water partition coefficient (Wildman–Crippen LogP) is 1.34. The summed E-state index contributed by atoms with van der Waals surface area (Å²) < 4.78 is 5.28. The summed E-state index contributed by atoms with van der Waals surface area (Å²) in [6.07, 6.45) is 8.80. The minimum atomic E-state index is 0.0731. The third kappa shape index (κ3) is 4.40.